The van der Waals surface area contributed by atoms with Crippen molar-refractivity contribution < 1.29 is 38.1 Å². The Morgan fingerprint density at radius 1 is 1.23 bits per heavy atom. The average molecular weight is 578 g/mol. The number of ether oxygens (including phenoxy) is 2. The fraction of sp³-hybridized carbons (Fsp3) is 0.500. The van der Waals surface area contributed by atoms with Crippen LogP contribution in [0.4, 0.5) is 5.82 Å². The van der Waals surface area contributed by atoms with Crippen molar-refractivity contribution in [1.29, 1.82) is 0 Å². The minimum atomic E-state index is -4.24. The molecule has 0 aliphatic carbocycles. The first-order chi connectivity index (χ1) is 19.0. The number of esters is 1. The van der Waals surface area contributed by atoms with Gasteiger partial charge in [0.05, 0.1) is 12.3 Å². The third kappa shape index (κ3) is 6.30. The van der Waals surface area contributed by atoms with Crippen LogP contribution in [0.3, 0.4) is 0 Å². The van der Waals surface area contributed by atoms with Gasteiger partial charge in [-0.25, -0.2) is 14.1 Å². The molecule has 218 valence electrons. The molecule has 1 unspecified atom stereocenters. The fourth-order valence-corrected chi connectivity index (χ4v) is 6.02. The summed E-state index contributed by atoms with van der Waals surface area (Å²) in [6.07, 6.45) is -1.57. The number of benzene rings is 1. The predicted molar refractivity (Wildman–Crippen MR) is 145 cm³/mol. The van der Waals surface area contributed by atoms with Crippen molar-refractivity contribution in [2.24, 2.45) is 0 Å². The van der Waals surface area contributed by atoms with E-state index in [1.54, 1.807) is 42.5 Å². The van der Waals surface area contributed by atoms with Crippen molar-refractivity contribution in [2.75, 3.05) is 12.3 Å². The van der Waals surface area contributed by atoms with Gasteiger partial charge in [-0.2, -0.15) is 10.2 Å². The first-order valence-electron chi connectivity index (χ1n) is 13.1. The zero-order valence-electron chi connectivity index (χ0n) is 22.8. The number of carbonyl (C=O) groups excluding carboxylic acids is 1. The number of hydrogen-bond acceptors (Lipinski definition) is 11. The largest absolute Gasteiger partial charge is 0.461 e. The molecule has 0 radical (unpaired) electrons. The first-order valence-corrected chi connectivity index (χ1v) is 14.6. The van der Waals surface area contributed by atoms with Crippen LogP contribution in [0.15, 0.2) is 48.8 Å². The summed E-state index contributed by atoms with van der Waals surface area (Å²) >= 11 is 0. The average Bonchev–Trinajstić information content (AvgIpc) is 3.47. The molecule has 14 heteroatoms. The second kappa shape index (κ2) is 12.2. The van der Waals surface area contributed by atoms with Gasteiger partial charge < -0.3 is 29.9 Å². The second-order valence-electron chi connectivity index (χ2n) is 9.89. The number of carbonyl (C=O) groups is 1. The lowest BCUT2D eigenvalue weighted by Gasteiger charge is -2.30. The van der Waals surface area contributed by atoms with E-state index in [0.717, 1.165) is 0 Å². The van der Waals surface area contributed by atoms with E-state index in [-0.39, 0.29) is 17.7 Å². The van der Waals surface area contributed by atoms with Crippen molar-refractivity contribution in [2.45, 2.75) is 76.6 Å². The van der Waals surface area contributed by atoms with Gasteiger partial charge in [0.25, 0.3) is 0 Å². The Hall–Kier alpha value is -3.06. The normalized spacial score (nSPS) is 25.1. The molecule has 1 fully saturated rings. The van der Waals surface area contributed by atoms with Crippen LogP contribution in [-0.2, 0) is 23.4 Å². The molecule has 3 heterocycles. The van der Waals surface area contributed by atoms with Gasteiger partial charge in [-0.3, -0.25) is 9.32 Å². The van der Waals surface area contributed by atoms with Gasteiger partial charge in [0.1, 0.15) is 53.7 Å². The van der Waals surface area contributed by atoms with Gasteiger partial charge in [0.15, 0.2) is 5.82 Å². The summed E-state index contributed by atoms with van der Waals surface area (Å²) in [6, 6.07) is 10.6. The number of para-hydroxylation sites is 1. The Morgan fingerprint density at radius 3 is 2.60 bits per heavy atom. The standard InChI is InChI=1S/C26H36N5O8P/c1-5-17(6-2)37-25(34)16(3)30-40(35,39-18-10-8-7-9-11-18)36-14-26(4)23(33)21(32)22(38-26)19-12-13-20-24(27)28-15-29-31(19)20/h7-13,15-17,21-23,32-33H,5-6,14H2,1-4H3,(H,30,35)(H2,27,28,29)/t16-,21-,22-,23-,26+,40?/m0/s1. The van der Waals surface area contributed by atoms with Crippen LogP contribution in [-0.4, -0.2) is 67.3 Å². The quantitative estimate of drug-likeness (QED) is 0.183. The van der Waals surface area contributed by atoms with Crippen LogP contribution in [0.1, 0.15) is 52.3 Å². The third-order valence-corrected chi connectivity index (χ3v) is 8.47. The van der Waals surface area contributed by atoms with Crippen LogP contribution >= 0.6 is 7.75 Å². The predicted octanol–water partition coefficient (Wildman–Crippen LogP) is 2.78. The van der Waals surface area contributed by atoms with E-state index in [9.17, 15) is 19.6 Å². The zero-order valence-corrected chi connectivity index (χ0v) is 23.7. The van der Waals surface area contributed by atoms with Crippen molar-refractivity contribution in [3.8, 4) is 5.75 Å². The number of hydrogen-bond donors (Lipinski definition) is 4. The topological polar surface area (TPSA) is 180 Å². The van der Waals surface area contributed by atoms with Gasteiger partial charge in [-0.15, -0.1) is 0 Å². The molecule has 13 nitrogen and oxygen atoms in total. The van der Waals surface area contributed by atoms with Gasteiger partial charge in [0, 0.05) is 0 Å². The number of fused-ring (bicyclic) bond motifs is 1. The summed E-state index contributed by atoms with van der Waals surface area (Å²) in [6.45, 7) is 6.34. The monoisotopic (exact) mass is 577 g/mol. The summed E-state index contributed by atoms with van der Waals surface area (Å²) in [5, 5.41) is 28.7. The summed E-state index contributed by atoms with van der Waals surface area (Å²) in [7, 11) is -4.24. The molecule has 40 heavy (non-hydrogen) atoms. The Balaban J connectivity index is 1.53. The Kier molecular flexibility index (Phi) is 9.13. The zero-order chi connectivity index (χ0) is 29.1. The van der Waals surface area contributed by atoms with E-state index in [1.807, 2.05) is 13.8 Å². The number of aromatic nitrogens is 3. The molecule has 0 spiro atoms. The highest BCUT2D eigenvalue weighted by Gasteiger charge is 2.54. The van der Waals surface area contributed by atoms with Crippen molar-refractivity contribution in [3.05, 3.63) is 54.5 Å². The van der Waals surface area contributed by atoms with Gasteiger partial charge >= 0.3 is 13.7 Å². The van der Waals surface area contributed by atoms with Gasteiger partial charge in [0.2, 0.25) is 0 Å². The molecular formula is C26H36N5O8P. The van der Waals surface area contributed by atoms with Crippen LogP contribution in [0.5, 0.6) is 5.75 Å². The molecule has 1 aliphatic heterocycles. The van der Waals surface area contributed by atoms with E-state index in [2.05, 4.69) is 15.2 Å². The van der Waals surface area contributed by atoms with E-state index in [1.165, 1.54) is 24.7 Å². The molecule has 1 aromatic carbocycles. The Labute approximate surface area is 232 Å². The summed E-state index contributed by atoms with van der Waals surface area (Å²) in [5.74, 6) is -0.150. The maximum absolute atomic E-state index is 13.9. The molecule has 3 aromatic rings. The van der Waals surface area contributed by atoms with E-state index in [4.69, 9.17) is 24.3 Å². The highest BCUT2D eigenvalue weighted by molar-refractivity contribution is 7.52. The number of aliphatic hydroxyl groups is 2. The Morgan fingerprint density at radius 2 is 1.93 bits per heavy atom. The van der Waals surface area contributed by atoms with Crippen molar-refractivity contribution in [1.82, 2.24) is 19.7 Å². The maximum atomic E-state index is 13.9. The first kappa shape index (κ1) is 29.9. The minimum Gasteiger partial charge on any atom is -0.461 e. The van der Waals surface area contributed by atoms with Crippen LogP contribution in [0, 0.1) is 0 Å². The third-order valence-electron chi connectivity index (χ3n) is 6.85. The van der Waals surface area contributed by atoms with Crippen molar-refractivity contribution >= 4 is 25.1 Å². The van der Waals surface area contributed by atoms with E-state index < -0.39 is 50.3 Å². The van der Waals surface area contributed by atoms with Crippen LogP contribution in [0.25, 0.3) is 5.52 Å². The molecule has 0 saturated carbocycles. The number of nitrogens with one attached hydrogen (secondary N) is 1. The number of nitrogen functional groups attached to an aromatic ring is 1. The highest BCUT2D eigenvalue weighted by Crippen LogP contribution is 2.48. The van der Waals surface area contributed by atoms with Crippen LogP contribution < -0.4 is 15.3 Å². The van der Waals surface area contributed by atoms with Gasteiger partial charge in [-0.05, 0) is 51.0 Å². The number of rotatable bonds is 12. The molecule has 6 atom stereocenters. The summed E-state index contributed by atoms with van der Waals surface area (Å²) < 4.78 is 38.4. The van der Waals surface area contributed by atoms with E-state index in [0.29, 0.717) is 24.1 Å². The molecule has 1 saturated heterocycles. The summed E-state index contributed by atoms with van der Waals surface area (Å²) in [4.78, 5) is 16.6. The lowest BCUT2D eigenvalue weighted by Crippen LogP contribution is -2.45. The maximum Gasteiger partial charge on any atom is 0.459 e. The lowest BCUT2D eigenvalue weighted by atomic mass is 9.97. The smallest absolute Gasteiger partial charge is 0.459 e. The molecule has 1 aliphatic rings. The minimum absolute atomic E-state index is 0.228. The number of nitrogens with two attached hydrogens (primary N) is 1. The molecule has 5 N–H and O–H groups in total. The highest BCUT2D eigenvalue weighted by atomic mass is 31.2. The van der Waals surface area contributed by atoms with Crippen molar-refractivity contribution in [3.63, 3.8) is 0 Å². The lowest BCUT2D eigenvalue weighted by molar-refractivity contribution is -0.151. The molecule has 0 bridgehead atoms. The number of nitrogens with zero attached hydrogens (tertiary/aromatic N) is 3. The van der Waals surface area contributed by atoms with Gasteiger partial charge in [-0.1, -0.05) is 32.0 Å². The molecule has 4 rings (SSSR count). The summed E-state index contributed by atoms with van der Waals surface area (Å²) in [5.41, 5.74) is 5.33. The fourth-order valence-electron chi connectivity index (χ4n) is 4.43. The number of anilines is 1. The Bertz CT molecular complexity index is 1350. The SMILES string of the molecule is CCC(CC)OC(=O)[C@H](C)NP(=O)(OC[C@@]1(C)O[C@@H](c2ccc3c(N)ncnn23)[C@H](O)[C@@H]1O)Oc1ccccc1. The van der Waals surface area contributed by atoms with E-state index >= 15 is 0 Å². The second-order valence-corrected chi connectivity index (χ2v) is 11.6. The van der Waals surface area contributed by atoms with Crippen LogP contribution in [0.2, 0.25) is 0 Å². The molecular weight excluding hydrogens is 541 g/mol. The molecule has 2 aromatic heterocycles. The molecule has 0 amide bonds. The number of aliphatic hydroxyl groups excluding tert-OH is 2.